The first kappa shape index (κ1) is 16.1. The third-order valence-corrected chi connectivity index (χ3v) is 4.15. The number of rotatable bonds is 5. The molecule has 4 rings (SSSR count). The average Bonchev–Trinajstić information content (AvgIpc) is 3.19. The lowest BCUT2D eigenvalue weighted by Crippen LogP contribution is -2.56. The molecule has 1 aromatic carbocycles. The van der Waals surface area contributed by atoms with E-state index in [0.29, 0.717) is 24.5 Å². The molecule has 1 fully saturated rings. The minimum Gasteiger partial charge on any atom is -0.497 e. The number of methoxy groups -OCH3 is 1. The van der Waals surface area contributed by atoms with Crippen LogP contribution < -0.4 is 9.47 Å². The largest absolute Gasteiger partial charge is 0.497 e. The van der Waals surface area contributed by atoms with E-state index in [-0.39, 0.29) is 12.0 Å². The van der Waals surface area contributed by atoms with Crippen LogP contribution in [-0.2, 0) is 0 Å². The van der Waals surface area contributed by atoms with Crippen LogP contribution in [0.2, 0.25) is 0 Å². The standard InChI is InChI=1S/C18H17N5O3/c1-25-14-3-2-4-15(8-14)26-16-9-22(10-16)18(24)13-5-6-19-17(7-13)23-11-20-21-12-23/h2-8,11-12,16H,9-10H2,1H3. The molecule has 0 N–H and O–H groups in total. The predicted molar refractivity (Wildman–Crippen MR) is 92.5 cm³/mol. The lowest BCUT2D eigenvalue weighted by Gasteiger charge is -2.39. The summed E-state index contributed by atoms with van der Waals surface area (Å²) in [6.45, 7) is 1.08. The van der Waals surface area contributed by atoms with Gasteiger partial charge in [0.05, 0.1) is 20.2 Å². The Morgan fingerprint density at radius 2 is 1.88 bits per heavy atom. The molecule has 1 aliphatic rings. The molecule has 8 nitrogen and oxygen atoms in total. The van der Waals surface area contributed by atoms with E-state index >= 15 is 0 Å². The fourth-order valence-corrected chi connectivity index (χ4v) is 2.74. The normalized spacial score (nSPS) is 14.0. The zero-order valence-corrected chi connectivity index (χ0v) is 14.1. The smallest absolute Gasteiger partial charge is 0.254 e. The molecule has 132 valence electrons. The highest BCUT2D eigenvalue weighted by Crippen LogP contribution is 2.23. The van der Waals surface area contributed by atoms with Gasteiger partial charge in [-0.3, -0.25) is 9.36 Å². The molecule has 0 saturated carbocycles. The van der Waals surface area contributed by atoms with Crippen molar-refractivity contribution in [3.8, 4) is 17.3 Å². The molecule has 1 aliphatic heterocycles. The summed E-state index contributed by atoms with van der Waals surface area (Å²) in [5.74, 6) is 2.03. The Kier molecular flexibility index (Phi) is 4.22. The van der Waals surface area contributed by atoms with Crippen molar-refractivity contribution in [3.05, 3.63) is 60.8 Å². The van der Waals surface area contributed by atoms with E-state index in [1.54, 1.807) is 34.9 Å². The van der Waals surface area contributed by atoms with E-state index in [1.807, 2.05) is 24.3 Å². The fraction of sp³-hybridized carbons (Fsp3) is 0.222. The van der Waals surface area contributed by atoms with Crippen molar-refractivity contribution < 1.29 is 14.3 Å². The van der Waals surface area contributed by atoms with Gasteiger partial charge in [0.15, 0.2) is 0 Å². The number of hydrogen-bond donors (Lipinski definition) is 0. The molecule has 3 aromatic rings. The van der Waals surface area contributed by atoms with Gasteiger partial charge in [0.1, 0.15) is 36.1 Å². The van der Waals surface area contributed by atoms with Crippen LogP contribution in [0.15, 0.2) is 55.2 Å². The number of benzene rings is 1. The maximum atomic E-state index is 12.6. The van der Waals surface area contributed by atoms with E-state index in [1.165, 1.54) is 12.7 Å². The van der Waals surface area contributed by atoms with Crippen molar-refractivity contribution in [1.82, 2.24) is 24.6 Å². The van der Waals surface area contributed by atoms with Crippen LogP contribution in [-0.4, -0.2) is 56.9 Å². The number of likely N-dealkylation sites (tertiary alicyclic amines) is 1. The molecule has 0 bridgehead atoms. The highest BCUT2D eigenvalue weighted by Gasteiger charge is 2.33. The first-order chi connectivity index (χ1) is 12.7. The minimum absolute atomic E-state index is 0.0230. The second-order valence-electron chi connectivity index (χ2n) is 5.90. The van der Waals surface area contributed by atoms with Crippen molar-refractivity contribution in [3.63, 3.8) is 0 Å². The molecule has 0 spiro atoms. The molecular weight excluding hydrogens is 334 g/mol. The van der Waals surface area contributed by atoms with Gasteiger partial charge >= 0.3 is 0 Å². The molecule has 0 unspecified atom stereocenters. The van der Waals surface area contributed by atoms with Crippen LogP contribution in [0.1, 0.15) is 10.4 Å². The molecule has 2 aromatic heterocycles. The van der Waals surface area contributed by atoms with Crippen molar-refractivity contribution in [1.29, 1.82) is 0 Å². The summed E-state index contributed by atoms with van der Waals surface area (Å²) < 4.78 is 12.7. The number of carbonyl (C=O) groups excluding carboxylic acids is 1. The van der Waals surface area contributed by atoms with Gasteiger partial charge in [-0.25, -0.2) is 4.98 Å². The van der Waals surface area contributed by atoms with Crippen molar-refractivity contribution in [2.24, 2.45) is 0 Å². The third-order valence-electron chi connectivity index (χ3n) is 4.15. The topological polar surface area (TPSA) is 82.4 Å². The van der Waals surface area contributed by atoms with Crippen LogP contribution in [0.25, 0.3) is 5.82 Å². The number of hydrogen-bond acceptors (Lipinski definition) is 6. The van der Waals surface area contributed by atoms with Gasteiger partial charge in [0.2, 0.25) is 0 Å². The van der Waals surface area contributed by atoms with Crippen LogP contribution in [0.4, 0.5) is 0 Å². The lowest BCUT2D eigenvalue weighted by atomic mass is 10.1. The van der Waals surface area contributed by atoms with Gasteiger partial charge < -0.3 is 14.4 Å². The van der Waals surface area contributed by atoms with Gasteiger partial charge in [-0.1, -0.05) is 6.07 Å². The highest BCUT2D eigenvalue weighted by atomic mass is 16.5. The quantitative estimate of drug-likeness (QED) is 0.694. The number of carbonyl (C=O) groups is 1. The van der Waals surface area contributed by atoms with Gasteiger partial charge in [0, 0.05) is 17.8 Å². The van der Waals surface area contributed by atoms with Crippen LogP contribution in [0, 0.1) is 0 Å². The molecule has 0 atom stereocenters. The van der Waals surface area contributed by atoms with Crippen molar-refractivity contribution >= 4 is 5.91 Å². The van der Waals surface area contributed by atoms with E-state index in [9.17, 15) is 4.79 Å². The summed E-state index contributed by atoms with van der Waals surface area (Å²) in [5.41, 5.74) is 0.573. The Bertz CT molecular complexity index is 907. The van der Waals surface area contributed by atoms with E-state index in [0.717, 1.165) is 11.5 Å². The summed E-state index contributed by atoms with van der Waals surface area (Å²) in [7, 11) is 1.62. The van der Waals surface area contributed by atoms with Crippen molar-refractivity contribution in [2.75, 3.05) is 20.2 Å². The zero-order chi connectivity index (χ0) is 17.9. The molecule has 3 heterocycles. The molecule has 0 aliphatic carbocycles. The summed E-state index contributed by atoms with van der Waals surface area (Å²) in [6, 6.07) is 10.9. The van der Waals surface area contributed by atoms with Crippen molar-refractivity contribution in [2.45, 2.75) is 6.10 Å². The Morgan fingerprint density at radius 1 is 1.12 bits per heavy atom. The van der Waals surface area contributed by atoms with Gasteiger partial charge in [-0.2, -0.15) is 0 Å². The Balaban J connectivity index is 1.38. The zero-order valence-electron chi connectivity index (χ0n) is 14.1. The molecule has 1 amide bonds. The minimum atomic E-state index is -0.0489. The fourth-order valence-electron chi connectivity index (χ4n) is 2.74. The first-order valence-corrected chi connectivity index (χ1v) is 8.14. The Morgan fingerprint density at radius 3 is 2.65 bits per heavy atom. The first-order valence-electron chi connectivity index (χ1n) is 8.14. The molecule has 26 heavy (non-hydrogen) atoms. The third kappa shape index (κ3) is 3.21. The summed E-state index contributed by atoms with van der Waals surface area (Å²) >= 11 is 0. The number of nitrogens with zero attached hydrogens (tertiary/aromatic N) is 5. The molecule has 0 radical (unpaired) electrons. The molecule has 8 heteroatoms. The van der Waals surface area contributed by atoms with Crippen LogP contribution >= 0.6 is 0 Å². The maximum Gasteiger partial charge on any atom is 0.254 e. The van der Waals surface area contributed by atoms with E-state index < -0.39 is 0 Å². The average molecular weight is 351 g/mol. The summed E-state index contributed by atoms with van der Waals surface area (Å²) in [5, 5.41) is 7.50. The second kappa shape index (κ2) is 6.83. The molecular formula is C18H17N5O3. The number of ether oxygens (including phenoxy) is 2. The van der Waals surface area contributed by atoms with E-state index in [2.05, 4.69) is 15.2 Å². The second-order valence-corrected chi connectivity index (χ2v) is 5.90. The van der Waals surface area contributed by atoms with Gasteiger partial charge in [0.25, 0.3) is 5.91 Å². The summed E-state index contributed by atoms with van der Waals surface area (Å²) in [6.07, 6.45) is 4.66. The summed E-state index contributed by atoms with van der Waals surface area (Å²) in [4.78, 5) is 18.6. The highest BCUT2D eigenvalue weighted by molar-refractivity contribution is 5.95. The lowest BCUT2D eigenvalue weighted by molar-refractivity contribution is 0.0177. The SMILES string of the molecule is COc1cccc(OC2CN(C(=O)c3ccnc(-n4cnnc4)c3)C2)c1. The molecule has 1 saturated heterocycles. The Labute approximate surface area is 150 Å². The predicted octanol–water partition coefficient (Wildman–Crippen LogP) is 1.57. The Hall–Kier alpha value is -3.42. The van der Waals surface area contributed by atoms with Gasteiger partial charge in [-0.05, 0) is 24.3 Å². The number of aromatic nitrogens is 4. The van der Waals surface area contributed by atoms with Crippen LogP contribution in [0.5, 0.6) is 11.5 Å². The van der Waals surface area contributed by atoms with E-state index in [4.69, 9.17) is 9.47 Å². The number of pyridine rings is 1. The van der Waals surface area contributed by atoms with Gasteiger partial charge in [-0.15, -0.1) is 10.2 Å². The number of amides is 1. The van der Waals surface area contributed by atoms with Crippen LogP contribution in [0.3, 0.4) is 0 Å². The monoisotopic (exact) mass is 351 g/mol. The maximum absolute atomic E-state index is 12.6.